The Hall–Kier alpha value is -1.82. The molecule has 0 aliphatic heterocycles. The molecule has 6 heteroatoms. The van der Waals surface area contributed by atoms with E-state index in [-0.39, 0.29) is 6.61 Å². The monoisotopic (exact) mass is 193 g/mol. The molecule has 2 aromatic rings. The van der Waals surface area contributed by atoms with Crippen molar-refractivity contribution in [1.29, 1.82) is 0 Å². The van der Waals surface area contributed by atoms with Crippen LogP contribution >= 0.6 is 0 Å². The van der Waals surface area contributed by atoms with Gasteiger partial charge in [-0.1, -0.05) is 0 Å². The summed E-state index contributed by atoms with van der Waals surface area (Å²) in [5.41, 5.74) is 7.61. The van der Waals surface area contributed by atoms with Gasteiger partial charge in [-0.3, -0.25) is 0 Å². The number of imidazole rings is 1. The Labute approximate surface area is 80.2 Å². The number of fused-ring (bicyclic) bond motifs is 1. The molecule has 0 aliphatic carbocycles. The molecule has 2 heterocycles. The second-order valence-electron chi connectivity index (χ2n) is 2.83. The molecule has 0 fully saturated rings. The van der Waals surface area contributed by atoms with E-state index in [2.05, 4.69) is 20.3 Å². The van der Waals surface area contributed by atoms with E-state index in [1.807, 2.05) is 0 Å². The SMILES string of the molecule is Nc1ccnc2nc(NCCO)[nH]c12. The number of pyridine rings is 1. The molecular weight excluding hydrogens is 182 g/mol. The Morgan fingerprint density at radius 3 is 3.14 bits per heavy atom. The number of nitrogens with two attached hydrogens (primary N) is 1. The summed E-state index contributed by atoms with van der Waals surface area (Å²) in [4.78, 5) is 11.2. The van der Waals surface area contributed by atoms with Gasteiger partial charge in [0.15, 0.2) is 5.65 Å². The maximum Gasteiger partial charge on any atom is 0.202 e. The minimum atomic E-state index is 0.0555. The quantitative estimate of drug-likeness (QED) is 0.547. The average molecular weight is 193 g/mol. The number of hydrogen-bond donors (Lipinski definition) is 4. The van der Waals surface area contributed by atoms with Gasteiger partial charge in [0, 0.05) is 12.7 Å². The molecule has 2 rings (SSSR count). The van der Waals surface area contributed by atoms with E-state index < -0.39 is 0 Å². The van der Waals surface area contributed by atoms with Crippen molar-refractivity contribution in [2.45, 2.75) is 0 Å². The molecule has 0 bridgehead atoms. The maximum absolute atomic E-state index is 8.61. The molecule has 6 nitrogen and oxygen atoms in total. The van der Waals surface area contributed by atoms with Crippen LogP contribution in [0, 0.1) is 0 Å². The second kappa shape index (κ2) is 3.51. The lowest BCUT2D eigenvalue weighted by molar-refractivity contribution is 0.311. The first-order valence-corrected chi connectivity index (χ1v) is 4.26. The van der Waals surface area contributed by atoms with Gasteiger partial charge in [-0.2, -0.15) is 4.98 Å². The van der Waals surface area contributed by atoms with Gasteiger partial charge in [-0.15, -0.1) is 0 Å². The van der Waals surface area contributed by atoms with Gasteiger partial charge in [0.2, 0.25) is 5.95 Å². The predicted octanol–water partition coefficient (Wildman–Crippen LogP) is -0.0557. The number of H-pyrrole nitrogens is 1. The number of aliphatic hydroxyl groups excluding tert-OH is 1. The largest absolute Gasteiger partial charge is 0.397 e. The first-order valence-electron chi connectivity index (χ1n) is 4.26. The summed E-state index contributed by atoms with van der Waals surface area (Å²) in [5.74, 6) is 0.569. The number of nitrogens with zero attached hydrogens (tertiary/aromatic N) is 2. The lowest BCUT2D eigenvalue weighted by atomic mass is 10.4. The Kier molecular flexibility index (Phi) is 2.19. The van der Waals surface area contributed by atoms with Gasteiger partial charge >= 0.3 is 0 Å². The molecule has 0 aliphatic rings. The van der Waals surface area contributed by atoms with E-state index >= 15 is 0 Å². The molecule has 0 saturated carbocycles. The molecule has 0 atom stereocenters. The Balaban J connectivity index is 2.36. The number of aromatic nitrogens is 3. The van der Waals surface area contributed by atoms with E-state index in [1.54, 1.807) is 12.3 Å². The topological polar surface area (TPSA) is 99.8 Å². The Bertz CT molecular complexity index is 438. The Morgan fingerprint density at radius 1 is 1.57 bits per heavy atom. The molecule has 5 N–H and O–H groups in total. The predicted molar refractivity (Wildman–Crippen MR) is 53.9 cm³/mol. The zero-order chi connectivity index (χ0) is 9.97. The summed E-state index contributed by atoms with van der Waals surface area (Å²) in [6.07, 6.45) is 1.61. The van der Waals surface area contributed by atoms with E-state index in [0.717, 1.165) is 0 Å². The van der Waals surface area contributed by atoms with Crippen molar-refractivity contribution >= 4 is 22.8 Å². The molecule has 0 aromatic carbocycles. The average Bonchev–Trinajstić information content (AvgIpc) is 2.59. The summed E-state index contributed by atoms with van der Waals surface area (Å²) >= 11 is 0. The minimum absolute atomic E-state index is 0.0555. The van der Waals surface area contributed by atoms with Crippen LogP contribution in [-0.2, 0) is 0 Å². The van der Waals surface area contributed by atoms with Crippen LogP contribution in [0.3, 0.4) is 0 Å². The lowest BCUT2D eigenvalue weighted by Crippen LogP contribution is -2.06. The first-order chi connectivity index (χ1) is 6.81. The molecule has 0 radical (unpaired) electrons. The Morgan fingerprint density at radius 2 is 2.43 bits per heavy atom. The fraction of sp³-hybridized carbons (Fsp3) is 0.250. The zero-order valence-corrected chi connectivity index (χ0v) is 7.49. The fourth-order valence-electron chi connectivity index (χ4n) is 1.19. The summed E-state index contributed by atoms with van der Waals surface area (Å²) in [7, 11) is 0. The molecule has 74 valence electrons. The third kappa shape index (κ3) is 1.47. The number of nitrogens with one attached hydrogen (secondary N) is 2. The van der Waals surface area contributed by atoms with Gasteiger partial charge in [-0.25, -0.2) is 4.98 Å². The third-order valence-electron chi connectivity index (χ3n) is 1.83. The lowest BCUT2D eigenvalue weighted by Gasteiger charge is -1.96. The number of hydrogen-bond acceptors (Lipinski definition) is 5. The molecule has 0 unspecified atom stereocenters. The van der Waals surface area contributed by atoms with Crippen molar-refractivity contribution in [3.8, 4) is 0 Å². The summed E-state index contributed by atoms with van der Waals surface area (Å²) in [6.45, 7) is 0.500. The highest BCUT2D eigenvalue weighted by molar-refractivity contribution is 5.85. The first kappa shape index (κ1) is 8.76. The van der Waals surface area contributed by atoms with Crippen LogP contribution in [-0.4, -0.2) is 33.2 Å². The van der Waals surface area contributed by atoms with Crippen molar-refractivity contribution < 1.29 is 5.11 Å². The number of anilines is 2. The summed E-state index contributed by atoms with van der Waals surface area (Å²) in [5, 5.41) is 11.5. The number of rotatable bonds is 3. The maximum atomic E-state index is 8.61. The van der Waals surface area contributed by atoms with Crippen molar-refractivity contribution in [1.82, 2.24) is 15.0 Å². The van der Waals surface area contributed by atoms with Crippen molar-refractivity contribution in [3.05, 3.63) is 12.3 Å². The van der Waals surface area contributed by atoms with Gasteiger partial charge in [0.05, 0.1) is 12.3 Å². The van der Waals surface area contributed by atoms with Crippen molar-refractivity contribution in [2.75, 3.05) is 24.2 Å². The standard InChI is InChI=1S/C8H11N5O/c9-5-1-2-10-7-6(5)12-8(13-7)11-3-4-14/h1-2,14H,3-4H2,(H4,9,10,11,12,13). The highest BCUT2D eigenvalue weighted by Gasteiger charge is 2.04. The molecule has 0 amide bonds. The van der Waals surface area contributed by atoms with E-state index in [4.69, 9.17) is 10.8 Å². The van der Waals surface area contributed by atoms with Crippen LogP contribution in [0.15, 0.2) is 12.3 Å². The van der Waals surface area contributed by atoms with E-state index in [1.165, 1.54) is 0 Å². The van der Waals surface area contributed by atoms with Gasteiger partial charge < -0.3 is 21.1 Å². The molecular formula is C8H11N5O. The van der Waals surface area contributed by atoms with Crippen LogP contribution < -0.4 is 11.1 Å². The van der Waals surface area contributed by atoms with E-state index in [9.17, 15) is 0 Å². The van der Waals surface area contributed by atoms with Crippen LogP contribution in [0.5, 0.6) is 0 Å². The van der Waals surface area contributed by atoms with Crippen molar-refractivity contribution in [3.63, 3.8) is 0 Å². The smallest absolute Gasteiger partial charge is 0.202 e. The fourth-order valence-corrected chi connectivity index (χ4v) is 1.19. The normalized spacial score (nSPS) is 10.6. The van der Waals surface area contributed by atoms with Crippen LogP contribution in [0.2, 0.25) is 0 Å². The highest BCUT2D eigenvalue weighted by atomic mass is 16.3. The highest BCUT2D eigenvalue weighted by Crippen LogP contribution is 2.17. The molecule has 2 aromatic heterocycles. The van der Waals surface area contributed by atoms with Crippen LogP contribution in [0.4, 0.5) is 11.6 Å². The van der Waals surface area contributed by atoms with Crippen LogP contribution in [0.1, 0.15) is 0 Å². The third-order valence-corrected chi connectivity index (χ3v) is 1.83. The number of nitrogen functional groups attached to an aromatic ring is 1. The van der Waals surface area contributed by atoms with Gasteiger partial charge in [-0.05, 0) is 6.07 Å². The number of aromatic amines is 1. The minimum Gasteiger partial charge on any atom is -0.397 e. The van der Waals surface area contributed by atoms with E-state index in [0.29, 0.717) is 29.3 Å². The summed E-state index contributed by atoms with van der Waals surface area (Å²) in [6, 6.07) is 1.70. The second-order valence-corrected chi connectivity index (χ2v) is 2.83. The molecule has 0 spiro atoms. The zero-order valence-electron chi connectivity index (χ0n) is 7.49. The van der Waals surface area contributed by atoms with Gasteiger partial charge in [0.25, 0.3) is 0 Å². The van der Waals surface area contributed by atoms with Crippen molar-refractivity contribution in [2.24, 2.45) is 0 Å². The molecule has 0 saturated heterocycles. The number of aliphatic hydroxyl groups is 1. The van der Waals surface area contributed by atoms with Crippen LogP contribution in [0.25, 0.3) is 11.2 Å². The van der Waals surface area contributed by atoms with Gasteiger partial charge in [0.1, 0.15) is 5.52 Å². The summed E-state index contributed by atoms with van der Waals surface area (Å²) < 4.78 is 0. The molecule has 14 heavy (non-hydrogen) atoms.